The van der Waals surface area contributed by atoms with E-state index >= 15 is 0 Å². The molecule has 0 aliphatic carbocycles. The van der Waals surface area contributed by atoms with Gasteiger partial charge in [-0.2, -0.15) is 0 Å². The largest absolute Gasteiger partial charge is 0.375 e. The molecule has 1 aromatic carbocycles. The third-order valence-electron chi connectivity index (χ3n) is 5.24. The second-order valence-electron chi connectivity index (χ2n) is 7.38. The predicted octanol–water partition coefficient (Wildman–Crippen LogP) is 3.20. The third kappa shape index (κ3) is 7.58. The zero-order chi connectivity index (χ0) is 18.0. The molecule has 0 amide bonds. The molecule has 2 saturated heterocycles. The van der Waals surface area contributed by atoms with Crippen LogP contribution in [0.5, 0.6) is 0 Å². The molecule has 1 aromatic rings. The van der Waals surface area contributed by atoms with Crippen LogP contribution in [0.25, 0.3) is 0 Å². The first-order valence-corrected chi connectivity index (χ1v) is 10.2. The van der Waals surface area contributed by atoms with Gasteiger partial charge in [-0.05, 0) is 50.8 Å². The van der Waals surface area contributed by atoms with E-state index in [0.717, 1.165) is 31.5 Å². The molecule has 5 nitrogen and oxygen atoms in total. The van der Waals surface area contributed by atoms with E-state index in [1.54, 1.807) is 0 Å². The molecule has 2 heterocycles. The number of ether oxygens (including phenoxy) is 1. The minimum Gasteiger partial charge on any atom is -0.375 e. The maximum absolute atomic E-state index is 5.76. The van der Waals surface area contributed by atoms with E-state index in [4.69, 9.17) is 9.73 Å². The summed E-state index contributed by atoms with van der Waals surface area (Å²) < 4.78 is 5.76. The summed E-state index contributed by atoms with van der Waals surface area (Å²) in [4.78, 5) is 9.85. The number of hydrogen-bond donors (Lipinski definition) is 1. The van der Waals surface area contributed by atoms with Crippen LogP contribution in [0.1, 0.15) is 31.7 Å². The molecule has 0 aromatic heterocycles. The lowest BCUT2D eigenvalue weighted by Gasteiger charge is -2.23. The molecule has 1 unspecified atom stereocenters. The molecule has 1 N–H and O–H groups in total. The molecule has 2 aliphatic rings. The Bertz CT molecular complexity index is 548. The van der Waals surface area contributed by atoms with E-state index in [-0.39, 0.29) is 24.0 Å². The van der Waals surface area contributed by atoms with Gasteiger partial charge in [0.2, 0.25) is 0 Å². The van der Waals surface area contributed by atoms with Crippen LogP contribution in [-0.2, 0) is 11.3 Å². The van der Waals surface area contributed by atoms with Gasteiger partial charge in [0.1, 0.15) is 0 Å². The van der Waals surface area contributed by atoms with Gasteiger partial charge in [0, 0.05) is 26.2 Å². The summed E-state index contributed by atoms with van der Waals surface area (Å²) in [5.74, 6) is 1.84. The number of hydrogen-bond acceptors (Lipinski definition) is 3. The molecule has 152 valence electrons. The lowest BCUT2D eigenvalue weighted by molar-refractivity contribution is 0.128. The fraction of sp³-hybridized carbons (Fsp3) is 0.667. The van der Waals surface area contributed by atoms with Gasteiger partial charge in [-0.25, -0.2) is 0 Å². The van der Waals surface area contributed by atoms with Crippen molar-refractivity contribution in [1.82, 2.24) is 15.1 Å². The van der Waals surface area contributed by atoms with Gasteiger partial charge in [0.15, 0.2) is 5.96 Å². The highest BCUT2D eigenvalue weighted by Gasteiger charge is 2.27. The first kappa shape index (κ1) is 22.4. The summed E-state index contributed by atoms with van der Waals surface area (Å²) >= 11 is 0. The quantitative estimate of drug-likeness (QED) is 0.265. The first-order chi connectivity index (χ1) is 12.8. The number of aliphatic imine (C=N–C) groups is 1. The zero-order valence-electron chi connectivity index (χ0n) is 16.6. The van der Waals surface area contributed by atoms with Gasteiger partial charge in [-0.3, -0.25) is 4.99 Å². The number of halogens is 1. The van der Waals surface area contributed by atoms with Crippen LogP contribution in [0.4, 0.5) is 0 Å². The SMILES string of the molecule is CCNC(=NCCOCc1ccccc1)N1CCC(CN2CCCC2)C1.I. The number of nitrogens with zero attached hydrogens (tertiary/aromatic N) is 3. The summed E-state index contributed by atoms with van der Waals surface area (Å²) in [5, 5.41) is 3.45. The lowest BCUT2D eigenvalue weighted by atomic mass is 10.1. The number of benzene rings is 1. The maximum Gasteiger partial charge on any atom is 0.194 e. The zero-order valence-corrected chi connectivity index (χ0v) is 18.9. The molecule has 0 spiro atoms. The van der Waals surface area contributed by atoms with Gasteiger partial charge in [-0.15, -0.1) is 24.0 Å². The van der Waals surface area contributed by atoms with Crippen LogP contribution < -0.4 is 5.32 Å². The highest BCUT2D eigenvalue weighted by atomic mass is 127. The van der Waals surface area contributed by atoms with E-state index in [9.17, 15) is 0 Å². The van der Waals surface area contributed by atoms with Crippen LogP contribution in [-0.4, -0.2) is 68.2 Å². The molecule has 6 heteroatoms. The highest BCUT2D eigenvalue weighted by molar-refractivity contribution is 14.0. The normalized spacial score (nSPS) is 20.7. The van der Waals surface area contributed by atoms with Crippen LogP contribution in [0.15, 0.2) is 35.3 Å². The van der Waals surface area contributed by atoms with Crippen LogP contribution in [0.2, 0.25) is 0 Å². The molecule has 3 rings (SSSR count). The molecular weight excluding hydrogens is 451 g/mol. The Kier molecular flexibility index (Phi) is 10.4. The number of guanidine groups is 1. The minimum atomic E-state index is 0. The average Bonchev–Trinajstić information content (AvgIpc) is 3.34. The predicted molar refractivity (Wildman–Crippen MR) is 123 cm³/mol. The monoisotopic (exact) mass is 486 g/mol. The van der Waals surface area contributed by atoms with Crippen LogP contribution >= 0.6 is 24.0 Å². The van der Waals surface area contributed by atoms with Crippen molar-refractivity contribution in [2.75, 3.05) is 52.4 Å². The fourth-order valence-corrected chi connectivity index (χ4v) is 3.91. The van der Waals surface area contributed by atoms with Gasteiger partial charge in [0.05, 0.1) is 19.8 Å². The molecule has 0 saturated carbocycles. The lowest BCUT2D eigenvalue weighted by Crippen LogP contribution is -2.41. The topological polar surface area (TPSA) is 40.1 Å². The molecule has 2 aliphatic heterocycles. The van der Waals surface area contributed by atoms with Crippen molar-refractivity contribution < 1.29 is 4.74 Å². The van der Waals surface area contributed by atoms with Gasteiger partial charge in [-0.1, -0.05) is 30.3 Å². The molecule has 2 fully saturated rings. The summed E-state index contributed by atoms with van der Waals surface area (Å²) in [6, 6.07) is 10.3. The maximum atomic E-state index is 5.76. The van der Waals surface area contributed by atoms with Crippen molar-refractivity contribution >= 4 is 29.9 Å². The third-order valence-corrected chi connectivity index (χ3v) is 5.24. The second-order valence-corrected chi connectivity index (χ2v) is 7.38. The number of nitrogens with one attached hydrogen (secondary N) is 1. The molecule has 27 heavy (non-hydrogen) atoms. The second kappa shape index (κ2) is 12.6. The summed E-state index contributed by atoms with van der Waals surface area (Å²) in [7, 11) is 0. The van der Waals surface area contributed by atoms with Crippen molar-refractivity contribution in [1.29, 1.82) is 0 Å². The fourth-order valence-electron chi connectivity index (χ4n) is 3.91. The van der Waals surface area contributed by atoms with Crippen molar-refractivity contribution in [2.45, 2.75) is 32.8 Å². The minimum absolute atomic E-state index is 0. The summed E-state index contributed by atoms with van der Waals surface area (Å²) in [6.07, 6.45) is 4.04. The van der Waals surface area contributed by atoms with E-state index in [1.165, 1.54) is 44.5 Å². The van der Waals surface area contributed by atoms with Crippen molar-refractivity contribution in [3.05, 3.63) is 35.9 Å². The standard InChI is InChI=1S/C21H34N4O.HI/c1-2-22-21(23-11-15-26-18-19-8-4-3-5-9-19)25-14-10-20(17-25)16-24-12-6-7-13-24;/h3-5,8-9,20H,2,6-7,10-18H2,1H3,(H,22,23);1H. The Morgan fingerprint density at radius 3 is 2.70 bits per heavy atom. The van der Waals surface area contributed by atoms with Crippen LogP contribution in [0, 0.1) is 5.92 Å². The Labute approximate surface area is 181 Å². The van der Waals surface area contributed by atoms with Gasteiger partial charge >= 0.3 is 0 Å². The Morgan fingerprint density at radius 1 is 1.19 bits per heavy atom. The molecule has 1 atom stereocenters. The Morgan fingerprint density at radius 2 is 1.96 bits per heavy atom. The molecular formula is C21H35IN4O. The van der Waals surface area contributed by atoms with E-state index in [0.29, 0.717) is 19.8 Å². The van der Waals surface area contributed by atoms with Crippen molar-refractivity contribution in [3.8, 4) is 0 Å². The van der Waals surface area contributed by atoms with Gasteiger partial charge in [0.25, 0.3) is 0 Å². The van der Waals surface area contributed by atoms with Crippen molar-refractivity contribution in [2.24, 2.45) is 10.9 Å². The summed E-state index contributed by atoms with van der Waals surface area (Å²) in [6.45, 7) is 11.2. The summed E-state index contributed by atoms with van der Waals surface area (Å²) in [5.41, 5.74) is 1.22. The van der Waals surface area contributed by atoms with Crippen LogP contribution in [0.3, 0.4) is 0 Å². The van der Waals surface area contributed by atoms with Gasteiger partial charge < -0.3 is 19.9 Å². The Hall–Kier alpha value is -0.860. The number of likely N-dealkylation sites (tertiary alicyclic amines) is 2. The molecule has 0 bridgehead atoms. The van der Waals surface area contributed by atoms with E-state index < -0.39 is 0 Å². The Balaban J connectivity index is 0.00000261. The van der Waals surface area contributed by atoms with E-state index in [1.807, 2.05) is 18.2 Å². The number of rotatable bonds is 8. The smallest absolute Gasteiger partial charge is 0.194 e. The van der Waals surface area contributed by atoms with Crippen molar-refractivity contribution in [3.63, 3.8) is 0 Å². The highest BCUT2D eigenvalue weighted by Crippen LogP contribution is 2.20. The molecule has 0 radical (unpaired) electrons. The first-order valence-electron chi connectivity index (χ1n) is 10.2. The average molecular weight is 486 g/mol. The van der Waals surface area contributed by atoms with E-state index in [2.05, 4.69) is 34.2 Å².